The minimum atomic E-state index is -0.916. The van der Waals surface area contributed by atoms with Crippen LogP contribution in [-0.2, 0) is 11.8 Å². The molecular weight excluding hydrogens is 162 g/mol. The Morgan fingerprint density at radius 3 is 2.83 bits per heavy atom. The fraction of sp³-hybridized carbons (Fsp3) is 0.600. The summed E-state index contributed by atoms with van der Waals surface area (Å²) in [7, 11) is 3.26. The topological polar surface area (TPSA) is 84.1 Å². The lowest BCUT2D eigenvalue weighted by Crippen LogP contribution is -2.27. The minimum Gasteiger partial charge on any atom is -0.480 e. The van der Waals surface area contributed by atoms with Crippen LogP contribution in [0.25, 0.3) is 0 Å². The third-order valence-electron chi connectivity index (χ3n) is 1.31. The van der Waals surface area contributed by atoms with Gasteiger partial charge in [0.05, 0.1) is 0 Å². The van der Waals surface area contributed by atoms with Gasteiger partial charge in [-0.2, -0.15) is 0 Å². The van der Waals surface area contributed by atoms with Crippen molar-refractivity contribution in [1.82, 2.24) is 20.2 Å². The lowest BCUT2D eigenvalue weighted by Gasteiger charge is -2.12. The molecule has 66 valence electrons. The van der Waals surface area contributed by atoms with E-state index in [0.717, 1.165) is 0 Å². The van der Waals surface area contributed by atoms with Crippen LogP contribution in [0.2, 0.25) is 0 Å². The minimum absolute atomic E-state index is 0.117. The van der Waals surface area contributed by atoms with Crippen LogP contribution in [0.15, 0.2) is 0 Å². The number of likely N-dealkylation sites (N-methyl/N-ethyl adjacent to an activating group) is 1. The molecule has 7 nitrogen and oxygen atoms in total. The number of rotatable bonds is 3. The van der Waals surface area contributed by atoms with Gasteiger partial charge in [0.1, 0.15) is 6.54 Å². The molecule has 0 aliphatic rings. The van der Waals surface area contributed by atoms with E-state index >= 15 is 0 Å². The predicted octanol–water partition coefficient (Wildman–Crippen LogP) is -1.27. The zero-order chi connectivity index (χ0) is 9.14. The number of aryl methyl sites for hydroxylation is 1. The first-order valence-corrected chi connectivity index (χ1v) is 3.26. The maximum atomic E-state index is 10.3. The number of aromatic nitrogens is 4. The molecule has 7 heteroatoms. The number of tetrazole rings is 1. The quantitative estimate of drug-likeness (QED) is 0.610. The van der Waals surface area contributed by atoms with Gasteiger partial charge in [-0.1, -0.05) is 5.10 Å². The Labute approximate surface area is 68.6 Å². The van der Waals surface area contributed by atoms with E-state index in [2.05, 4.69) is 15.5 Å². The fourth-order valence-corrected chi connectivity index (χ4v) is 0.822. The van der Waals surface area contributed by atoms with Gasteiger partial charge in [-0.3, -0.25) is 4.79 Å². The highest BCUT2D eigenvalue weighted by Gasteiger charge is 2.10. The second-order valence-corrected chi connectivity index (χ2v) is 2.35. The van der Waals surface area contributed by atoms with E-state index in [9.17, 15) is 4.79 Å². The van der Waals surface area contributed by atoms with Gasteiger partial charge < -0.3 is 10.0 Å². The average Bonchev–Trinajstić information content (AvgIpc) is 2.33. The standard InChI is InChI=1S/C5H9N5O2/c1-9(3-4(11)12)5-6-7-8-10(5)2/h3H2,1-2H3,(H,11,12). The summed E-state index contributed by atoms with van der Waals surface area (Å²) in [5, 5.41) is 19.0. The van der Waals surface area contributed by atoms with Crippen molar-refractivity contribution < 1.29 is 9.90 Å². The van der Waals surface area contributed by atoms with Crippen molar-refractivity contribution in [2.75, 3.05) is 18.5 Å². The predicted molar refractivity (Wildman–Crippen MR) is 39.7 cm³/mol. The lowest BCUT2D eigenvalue weighted by atomic mass is 10.6. The highest BCUT2D eigenvalue weighted by Crippen LogP contribution is 2.01. The molecule has 0 radical (unpaired) electrons. The van der Waals surface area contributed by atoms with Crippen LogP contribution in [0.1, 0.15) is 0 Å². The molecule has 0 unspecified atom stereocenters. The Bertz CT molecular complexity index is 283. The summed E-state index contributed by atoms with van der Waals surface area (Å²) in [4.78, 5) is 11.7. The van der Waals surface area contributed by atoms with Crippen molar-refractivity contribution in [3.63, 3.8) is 0 Å². The molecule has 0 spiro atoms. The van der Waals surface area contributed by atoms with Gasteiger partial charge in [0.25, 0.3) is 0 Å². The van der Waals surface area contributed by atoms with Crippen molar-refractivity contribution >= 4 is 11.9 Å². The number of hydrogen-bond donors (Lipinski definition) is 1. The molecular formula is C5H9N5O2. The van der Waals surface area contributed by atoms with Crippen LogP contribution < -0.4 is 4.90 Å². The van der Waals surface area contributed by atoms with E-state index in [1.54, 1.807) is 14.1 Å². The molecule has 12 heavy (non-hydrogen) atoms. The molecule has 1 aromatic rings. The Morgan fingerprint density at radius 2 is 2.42 bits per heavy atom. The van der Waals surface area contributed by atoms with Crippen LogP contribution in [0.3, 0.4) is 0 Å². The molecule has 1 heterocycles. The second kappa shape index (κ2) is 3.16. The smallest absolute Gasteiger partial charge is 0.323 e. The van der Waals surface area contributed by atoms with Crippen LogP contribution >= 0.6 is 0 Å². The normalized spacial score (nSPS) is 9.83. The Kier molecular flexibility index (Phi) is 2.22. The van der Waals surface area contributed by atoms with Crippen LogP contribution in [0, 0.1) is 0 Å². The van der Waals surface area contributed by atoms with Gasteiger partial charge in [0.15, 0.2) is 0 Å². The van der Waals surface area contributed by atoms with Gasteiger partial charge >= 0.3 is 5.97 Å². The summed E-state index contributed by atoms with van der Waals surface area (Å²) >= 11 is 0. The number of carboxylic acids is 1. The molecule has 0 amide bonds. The van der Waals surface area contributed by atoms with Gasteiger partial charge in [-0.05, 0) is 10.4 Å². The van der Waals surface area contributed by atoms with E-state index < -0.39 is 5.97 Å². The SMILES string of the molecule is CN(CC(=O)O)c1nnnn1C. The van der Waals surface area contributed by atoms with Crippen LogP contribution in [0.5, 0.6) is 0 Å². The fourth-order valence-electron chi connectivity index (χ4n) is 0.822. The third kappa shape index (κ3) is 1.68. The number of carbonyl (C=O) groups is 1. The molecule has 0 bridgehead atoms. The van der Waals surface area contributed by atoms with Gasteiger partial charge in [-0.25, -0.2) is 4.68 Å². The maximum absolute atomic E-state index is 10.3. The molecule has 0 fully saturated rings. The summed E-state index contributed by atoms with van der Waals surface area (Å²) in [5.41, 5.74) is 0. The van der Waals surface area contributed by atoms with E-state index in [0.29, 0.717) is 5.95 Å². The number of hydrogen-bond acceptors (Lipinski definition) is 5. The number of nitrogens with zero attached hydrogens (tertiary/aromatic N) is 5. The van der Waals surface area contributed by atoms with Gasteiger partial charge in [-0.15, -0.1) is 0 Å². The van der Waals surface area contributed by atoms with Crippen molar-refractivity contribution in [2.24, 2.45) is 7.05 Å². The molecule has 0 aliphatic carbocycles. The zero-order valence-electron chi connectivity index (χ0n) is 6.80. The molecule has 0 saturated heterocycles. The van der Waals surface area contributed by atoms with E-state index in [-0.39, 0.29) is 6.54 Å². The van der Waals surface area contributed by atoms with Crippen LogP contribution in [0.4, 0.5) is 5.95 Å². The molecule has 1 aromatic heterocycles. The van der Waals surface area contributed by atoms with Crippen molar-refractivity contribution in [1.29, 1.82) is 0 Å². The molecule has 0 aromatic carbocycles. The van der Waals surface area contributed by atoms with Gasteiger partial charge in [0.2, 0.25) is 5.95 Å². The summed E-state index contributed by atoms with van der Waals surface area (Å²) < 4.78 is 1.41. The van der Waals surface area contributed by atoms with Crippen molar-refractivity contribution in [3.05, 3.63) is 0 Å². The summed E-state index contributed by atoms with van der Waals surface area (Å²) in [6.45, 7) is -0.117. The Morgan fingerprint density at radius 1 is 1.75 bits per heavy atom. The first kappa shape index (κ1) is 8.44. The second-order valence-electron chi connectivity index (χ2n) is 2.35. The van der Waals surface area contributed by atoms with E-state index in [1.165, 1.54) is 9.58 Å². The Balaban J connectivity index is 2.71. The van der Waals surface area contributed by atoms with E-state index in [4.69, 9.17) is 5.11 Å². The summed E-state index contributed by atoms with van der Waals surface area (Å²) in [6.07, 6.45) is 0. The van der Waals surface area contributed by atoms with E-state index in [1.807, 2.05) is 0 Å². The molecule has 1 N–H and O–H groups in total. The summed E-state index contributed by atoms with van der Waals surface area (Å²) in [5.74, 6) is -0.488. The summed E-state index contributed by atoms with van der Waals surface area (Å²) in [6, 6.07) is 0. The first-order chi connectivity index (χ1) is 5.61. The third-order valence-corrected chi connectivity index (χ3v) is 1.31. The number of carboxylic acid groups (broad SMARTS) is 1. The highest BCUT2D eigenvalue weighted by molar-refractivity contribution is 5.72. The largest absolute Gasteiger partial charge is 0.480 e. The maximum Gasteiger partial charge on any atom is 0.323 e. The van der Waals surface area contributed by atoms with Crippen LogP contribution in [-0.4, -0.2) is 44.9 Å². The molecule has 1 rings (SSSR count). The lowest BCUT2D eigenvalue weighted by molar-refractivity contribution is -0.135. The highest BCUT2D eigenvalue weighted by atomic mass is 16.4. The zero-order valence-corrected chi connectivity index (χ0v) is 6.80. The first-order valence-electron chi connectivity index (χ1n) is 3.26. The average molecular weight is 171 g/mol. The van der Waals surface area contributed by atoms with Crippen molar-refractivity contribution in [3.8, 4) is 0 Å². The van der Waals surface area contributed by atoms with Crippen molar-refractivity contribution in [2.45, 2.75) is 0 Å². The molecule has 0 atom stereocenters. The number of aliphatic carboxylic acids is 1. The monoisotopic (exact) mass is 171 g/mol. The molecule has 0 saturated carbocycles. The number of anilines is 1. The van der Waals surface area contributed by atoms with Gasteiger partial charge in [0, 0.05) is 14.1 Å². The Hall–Kier alpha value is -1.66. The molecule has 0 aliphatic heterocycles.